The van der Waals surface area contributed by atoms with Gasteiger partial charge in [0, 0.05) is 16.2 Å². The predicted molar refractivity (Wildman–Crippen MR) is 80.8 cm³/mol. The quantitative estimate of drug-likeness (QED) is 0.911. The molecular weight excluding hydrogens is 304 g/mol. The first-order chi connectivity index (χ1) is 8.97. The lowest BCUT2D eigenvalue weighted by atomic mass is 9.84. The number of nitrogen functional groups attached to an aromatic ring is 1. The summed E-state index contributed by atoms with van der Waals surface area (Å²) in [6.07, 6.45) is 2.23. The molecule has 0 radical (unpaired) electrons. The van der Waals surface area contributed by atoms with Crippen molar-refractivity contribution in [3.05, 3.63) is 57.7 Å². The Labute approximate surface area is 121 Å². The molecule has 0 amide bonds. The number of nitrogens with two attached hydrogens (primary N) is 1. The minimum absolute atomic E-state index is 0.370. The van der Waals surface area contributed by atoms with Gasteiger partial charge in [-0.25, -0.2) is 4.98 Å². The molecule has 2 aromatic rings. The summed E-state index contributed by atoms with van der Waals surface area (Å²) in [5, 5.41) is 11.1. The van der Waals surface area contributed by atoms with Gasteiger partial charge in [0.2, 0.25) is 0 Å². The highest BCUT2D eigenvalue weighted by molar-refractivity contribution is 9.10. The molecule has 1 atom stereocenters. The van der Waals surface area contributed by atoms with Crippen LogP contribution in [0.25, 0.3) is 0 Å². The van der Waals surface area contributed by atoms with Gasteiger partial charge in [0.05, 0.1) is 0 Å². The van der Waals surface area contributed by atoms with Crippen LogP contribution in [0.4, 0.5) is 5.82 Å². The maximum Gasteiger partial charge on any atom is 0.129 e. The van der Waals surface area contributed by atoms with Crippen LogP contribution in [0.1, 0.15) is 30.0 Å². The van der Waals surface area contributed by atoms with Gasteiger partial charge in [-0.05, 0) is 42.7 Å². The number of benzene rings is 1. The zero-order valence-electron chi connectivity index (χ0n) is 11.0. The molecule has 4 heteroatoms. The fraction of sp³-hybridized carbons (Fsp3) is 0.267. The van der Waals surface area contributed by atoms with Crippen molar-refractivity contribution in [3.63, 3.8) is 0 Å². The Morgan fingerprint density at radius 3 is 2.74 bits per heavy atom. The van der Waals surface area contributed by atoms with E-state index in [0.29, 0.717) is 17.8 Å². The van der Waals surface area contributed by atoms with E-state index in [9.17, 15) is 5.11 Å². The third-order valence-electron chi connectivity index (χ3n) is 3.31. The maximum absolute atomic E-state index is 11.1. The maximum atomic E-state index is 11.1. The average Bonchev–Trinajstić information content (AvgIpc) is 2.40. The Bertz CT molecular complexity index is 600. The van der Waals surface area contributed by atoms with Crippen molar-refractivity contribution in [2.24, 2.45) is 0 Å². The van der Waals surface area contributed by atoms with Crippen molar-refractivity contribution < 1.29 is 5.11 Å². The van der Waals surface area contributed by atoms with Crippen LogP contribution < -0.4 is 5.73 Å². The molecule has 0 aliphatic carbocycles. The highest BCUT2D eigenvalue weighted by Crippen LogP contribution is 2.36. The van der Waals surface area contributed by atoms with Gasteiger partial charge >= 0.3 is 0 Å². The molecule has 0 aliphatic heterocycles. The Kier molecular flexibility index (Phi) is 3.92. The minimum atomic E-state index is -1.12. The second-order valence-corrected chi connectivity index (χ2v) is 5.59. The van der Waals surface area contributed by atoms with Crippen LogP contribution in [0.15, 0.2) is 41.0 Å². The molecule has 1 unspecified atom stereocenters. The van der Waals surface area contributed by atoms with Crippen molar-refractivity contribution in [1.29, 1.82) is 0 Å². The molecule has 0 bridgehead atoms. The number of rotatable bonds is 3. The van der Waals surface area contributed by atoms with Crippen molar-refractivity contribution in [3.8, 4) is 0 Å². The number of anilines is 1. The SMILES string of the molecule is CCC(O)(c1cccc(Br)c1)c1cc(C)cnc1N. The van der Waals surface area contributed by atoms with Crippen molar-refractivity contribution in [2.75, 3.05) is 5.73 Å². The van der Waals surface area contributed by atoms with Gasteiger partial charge in [-0.1, -0.05) is 35.0 Å². The van der Waals surface area contributed by atoms with Gasteiger partial charge in [0.25, 0.3) is 0 Å². The lowest BCUT2D eigenvalue weighted by Gasteiger charge is -2.29. The predicted octanol–water partition coefficient (Wildman–Crippen LogP) is 3.38. The zero-order valence-corrected chi connectivity index (χ0v) is 12.6. The summed E-state index contributed by atoms with van der Waals surface area (Å²) in [6.45, 7) is 3.87. The summed E-state index contributed by atoms with van der Waals surface area (Å²) >= 11 is 3.43. The number of aryl methyl sites for hydroxylation is 1. The Morgan fingerprint density at radius 1 is 1.37 bits per heavy atom. The molecular formula is C15H17BrN2O. The number of pyridine rings is 1. The van der Waals surface area contributed by atoms with Gasteiger partial charge in [-0.15, -0.1) is 0 Å². The standard InChI is InChI=1S/C15H17BrN2O/c1-3-15(19,11-5-4-6-12(16)8-11)13-7-10(2)9-18-14(13)17/h4-9,19H,3H2,1-2H3,(H2,17,18). The number of hydrogen-bond acceptors (Lipinski definition) is 3. The molecule has 100 valence electrons. The zero-order chi connectivity index (χ0) is 14.0. The molecule has 0 fully saturated rings. The Hall–Kier alpha value is -1.39. The van der Waals surface area contributed by atoms with Gasteiger partial charge in [-0.3, -0.25) is 0 Å². The van der Waals surface area contributed by atoms with Gasteiger partial charge in [0.1, 0.15) is 11.4 Å². The van der Waals surface area contributed by atoms with E-state index in [4.69, 9.17) is 5.73 Å². The summed E-state index contributed by atoms with van der Waals surface area (Å²) in [7, 11) is 0. The molecule has 1 aromatic heterocycles. The van der Waals surface area contributed by atoms with Crippen LogP contribution in [-0.2, 0) is 5.60 Å². The van der Waals surface area contributed by atoms with Crippen LogP contribution in [0.3, 0.4) is 0 Å². The third-order valence-corrected chi connectivity index (χ3v) is 3.81. The normalized spacial score (nSPS) is 14.1. The first-order valence-electron chi connectivity index (χ1n) is 6.18. The number of nitrogens with zero attached hydrogens (tertiary/aromatic N) is 1. The lowest BCUT2D eigenvalue weighted by Crippen LogP contribution is -2.28. The highest BCUT2D eigenvalue weighted by Gasteiger charge is 2.32. The molecule has 0 spiro atoms. The van der Waals surface area contributed by atoms with E-state index in [1.807, 2.05) is 44.2 Å². The highest BCUT2D eigenvalue weighted by atomic mass is 79.9. The van der Waals surface area contributed by atoms with Crippen LogP contribution in [-0.4, -0.2) is 10.1 Å². The van der Waals surface area contributed by atoms with Crippen molar-refractivity contribution in [2.45, 2.75) is 25.9 Å². The van der Waals surface area contributed by atoms with Crippen molar-refractivity contribution >= 4 is 21.7 Å². The van der Waals surface area contributed by atoms with Gasteiger partial charge in [0.15, 0.2) is 0 Å². The fourth-order valence-corrected chi connectivity index (χ4v) is 2.61. The summed E-state index contributed by atoms with van der Waals surface area (Å²) < 4.78 is 0.927. The number of halogens is 1. The summed E-state index contributed by atoms with van der Waals surface area (Å²) in [5.41, 5.74) is 7.27. The van der Waals surface area contributed by atoms with E-state index in [1.165, 1.54) is 0 Å². The van der Waals surface area contributed by atoms with Crippen LogP contribution in [0.5, 0.6) is 0 Å². The smallest absolute Gasteiger partial charge is 0.129 e. The van der Waals surface area contributed by atoms with E-state index >= 15 is 0 Å². The minimum Gasteiger partial charge on any atom is -0.383 e. The molecule has 2 rings (SSSR count). The number of aliphatic hydroxyl groups is 1. The first-order valence-corrected chi connectivity index (χ1v) is 6.97. The summed E-state index contributed by atoms with van der Waals surface area (Å²) in [4.78, 5) is 4.15. The van der Waals surface area contributed by atoms with Crippen molar-refractivity contribution in [1.82, 2.24) is 4.98 Å². The fourth-order valence-electron chi connectivity index (χ4n) is 2.21. The van der Waals surface area contributed by atoms with E-state index < -0.39 is 5.60 Å². The molecule has 19 heavy (non-hydrogen) atoms. The molecule has 3 N–H and O–H groups in total. The number of hydrogen-bond donors (Lipinski definition) is 2. The first kappa shape index (κ1) is 14.0. The van der Waals surface area contributed by atoms with Gasteiger partial charge < -0.3 is 10.8 Å². The largest absolute Gasteiger partial charge is 0.383 e. The Morgan fingerprint density at radius 2 is 2.11 bits per heavy atom. The van der Waals surface area contributed by atoms with E-state index in [2.05, 4.69) is 20.9 Å². The van der Waals surface area contributed by atoms with E-state index in [-0.39, 0.29) is 0 Å². The van der Waals surface area contributed by atoms with Crippen LogP contribution in [0, 0.1) is 6.92 Å². The second kappa shape index (κ2) is 5.31. The molecule has 0 saturated heterocycles. The van der Waals surface area contributed by atoms with Crippen LogP contribution in [0.2, 0.25) is 0 Å². The Balaban J connectivity index is 2.62. The summed E-state index contributed by atoms with van der Waals surface area (Å²) in [5.74, 6) is 0.370. The number of aromatic nitrogens is 1. The average molecular weight is 321 g/mol. The molecule has 3 nitrogen and oxygen atoms in total. The lowest BCUT2D eigenvalue weighted by molar-refractivity contribution is 0.0769. The van der Waals surface area contributed by atoms with Crippen LogP contribution >= 0.6 is 15.9 Å². The topological polar surface area (TPSA) is 59.1 Å². The van der Waals surface area contributed by atoms with E-state index in [1.54, 1.807) is 6.20 Å². The third kappa shape index (κ3) is 2.65. The summed E-state index contributed by atoms with van der Waals surface area (Å²) in [6, 6.07) is 9.53. The molecule has 0 aliphatic rings. The van der Waals surface area contributed by atoms with Gasteiger partial charge in [-0.2, -0.15) is 0 Å². The second-order valence-electron chi connectivity index (χ2n) is 4.67. The van der Waals surface area contributed by atoms with E-state index in [0.717, 1.165) is 15.6 Å². The molecule has 1 heterocycles. The molecule has 0 saturated carbocycles. The molecule has 1 aromatic carbocycles. The monoisotopic (exact) mass is 320 g/mol.